The van der Waals surface area contributed by atoms with Crippen LogP contribution in [0.3, 0.4) is 0 Å². The van der Waals surface area contributed by atoms with Crippen molar-refractivity contribution in [3.8, 4) is 6.07 Å². The third-order valence-corrected chi connectivity index (χ3v) is 6.17. The molecule has 2 rings (SSSR count). The molecule has 0 aromatic carbocycles. The fourth-order valence-corrected chi connectivity index (χ4v) is 4.98. The zero-order valence-electron chi connectivity index (χ0n) is 13.6. The molecule has 1 aliphatic rings. The Bertz CT molecular complexity index is 869. The van der Waals surface area contributed by atoms with Crippen molar-refractivity contribution in [1.82, 2.24) is 9.97 Å². The van der Waals surface area contributed by atoms with E-state index < -0.39 is 25.9 Å². The van der Waals surface area contributed by atoms with Gasteiger partial charge in [-0.3, -0.25) is 10.1 Å². The highest BCUT2D eigenvalue weighted by Crippen LogP contribution is 2.37. The van der Waals surface area contributed by atoms with Crippen LogP contribution in [0.15, 0.2) is 30.4 Å². The summed E-state index contributed by atoms with van der Waals surface area (Å²) >= 11 is 0.890. The van der Waals surface area contributed by atoms with Crippen molar-refractivity contribution in [2.24, 2.45) is 5.14 Å². The number of hydrogen-bond acceptors (Lipinski definition) is 7. The molecule has 2 unspecified atom stereocenters. The van der Waals surface area contributed by atoms with Crippen LogP contribution < -0.4 is 10.5 Å². The number of aromatic nitrogens is 2. The third kappa shape index (κ3) is 4.25. The monoisotopic (exact) mass is 379 g/mol. The average Bonchev–Trinajstić information content (AvgIpc) is 2.51. The molecule has 1 amide bonds. The number of nitriles is 1. The molecule has 0 saturated carbocycles. The average molecular weight is 379 g/mol. The van der Waals surface area contributed by atoms with Crippen LogP contribution in [-0.2, 0) is 14.8 Å². The fraction of sp³-hybridized carbons (Fsp3) is 0.333. The highest BCUT2D eigenvalue weighted by molar-refractivity contribution is 8.03. The van der Waals surface area contributed by atoms with Crippen LogP contribution in [0.25, 0.3) is 0 Å². The number of carbonyl (C=O) groups is 1. The fourth-order valence-electron chi connectivity index (χ4n) is 2.49. The maximum Gasteiger partial charge on any atom is 0.248 e. The summed E-state index contributed by atoms with van der Waals surface area (Å²) in [6.07, 6.45) is 5.82. The second-order valence-corrected chi connectivity index (χ2v) is 8.36. The van der Waals surface area contributed by atoms with Crippen LogP contribution in [0.2, 0.25) is 0 Å². The number of sulfonamides is 1. The van der Waals surface area contributed by atoms with Gasteiger partial charge in [-0.25, -0.2) is 23.5 Å². The molecule has 1 aliphatic carbocycles. The van der Waals surface area contributed by atoms with Crippen molar-refractivity contribution in [3.63, 3.8) is 0 Å². The van der Waals surface area contributed by atoms with Crippen molar-refractivity contribution in [2.75, 3.05) is 11.1 Å². The zero-order chi connectivity index (χ0) is 18.7. The number of nitrogens with one attached hydrogen (secondary N) is 1. The van der Waals surface area contributed by atoms with Gasteiger partial charge in [-0.1, -0.05) is 24.3 Å². The molecule has 1 aromatic rings. The van der Waals surface area contributed by atoms with Gasteiger partial charge in [-0.2, -0.15) is 5.26 Å². The standard InChI is InChI=1S/C15H17N5O3S2/c1-10-9-11(2)19-14(18-10)20-13(21)15(24-8-7-16)6-4-3-5-12(15)25(17,22)23/h3-6,9,12H,8H2,1-2H3,(H2,17,22,23)(H,18,19,20,21). The molecule has 2 atom stereocenters. The molecule has 3 N–H and O–H groups in total. The largest absolute Gasteiger partial charge is 0.293 e. The molecule has 10 heteroatoms. The molecule has 0 radical (unpaired) electrons. The summed E-state index contributed by atoms with van der Waals surface area (Å²) in [7, 11) is -4.09. The van der Waals surface area contributed by atoms with Crippen LogP contribution >= 0.6 is 11.8 Å². The lowest BCUT2D eigenvalue weighted by Crippen LogP contribution is -2.53. The Kier molecular flexibility index (Phi) is 5.62. The summed E-state index contributed by atoms with van der Waals surface area (Å²) in [5, 5.41) is 15.4. The van der Waals surface area contributed by atoms with E-state index in [0.29, 0.717) is 11.4 Å². The minimum Gasteiger partial charge on any atom is -0.293 e. The predicted molar refractivity (Wildman–Crippen MR) is 96.1 cm³/mol. The molecule has 1 heterocycles. The number of aryl methyl sites for hydroxylation is 2. The Morgan fingerprint density at radius 1 is 1.40 bits per heavy atom. The second kappa shape index (κ2) is 7.35. The smallest absolute Gasteiger partial charge is 0.248 e. The van der Waals surface area contributed by atoms with Crippen molar-refractivity contribution in [1.29, 1.82) is 5.26 Å². The number of amides is 1. The molecular formula is C15H17N5O3S2. The molecular weight excluding hydrogens is 362 g/mol. The molecule has 0 bridgehead atoms. The van der Waals surface area contributed by atoms with Crippen molar-refractivity contribution < 1.29 is 13.2 Å². The van der Waals surface area contributed by atoms with Crippen LogP contribution in [0.5, 0.6) is 0 Å². The van der Waals surface area contributed by atoms with E-state index in [9.17, 15) is 13.2 Å². The number of nitrogens with zero attached hydrogens (tertiary/aromatic N) is 3. The van der Waals surface area contributed by atoms with Gasteiger partial charge in [0.2, 0.25) is 21.9 Å². The van der Waals surface area contributed by atoms with E-state index >= 15 is 0 Å². The number of anilines is 1. The lowest BCUT2D eigenvalue weighted by Gasteiger charge is -2.34. The number of carbonyl (C=O) groups excluding carboxylic acids is 1. The minimum atomic E-state index is -4.09. The van der Waals surface area contributed by atoms with Gasteiger partial charge >= 0.3 is 0 Å². The summed E-state index contributed by atoms with van der Waals surface area (Å²) in [5.74, 6) is -0.682. The van der Waals surface area contributed by atoms with Gasteiger partial charge in [0.15, 0.2) is 0 Å². The lowest BCUT2D eigenvalue weighted by atomic mass is 9.98. The SMILES string of the molecule is Cc1cc(C)nc(NC(=O)C2(SCC#N)C=CC=CC2S(N)(=O)=O)n1. The summed E-state index contributed by atoms with van der Waals surface area (Å²) in [5.41, 5.74) is 1.31. The zero-order valence-corrected chi connectivity index (χ0v) is 15.3. The normalized spacial score (nSPS) is 22.4. The van der Waals surface area contributed by atoms with Gasteiger partial charge in [-0.15, -0.1) is 11.8 Å². The van der Waals surface area contributed by atoms with E-state index in [1.807, 2.05) is 6.07 Å². The van der Waals surface area contributed by atoms with E-state index in [1.54, 1.807) is 26.0 Å². The van der Waals surface area contributed by atoms with Crippen molar-refractivity contribution in [3.05, 3.63) is 41.8 Å². The summed E-state index contributed by atoms with van der Waals surface area (Å²) in [6.45, 7) is 3.50. The number of rotatable bonds is 5. The predicted octanol–water partition coefficient (Wildman–Crippen LogP) is 0.811. The summed E-state index contributed by atoms with van der Waals surface area (Å²) < 4.78 is 22.4. The number of nitrogens with two attached hydrogens (primary N) is 1. The Morgan fingerprint density at radius 3 is 2.60 bits per heavy atom. The molecule has 0 spiro atoms. The molecule has 0 aliphatic heterocycles. The first-order valence-electron chi connectivity index (χ1n) is 7.21. The quantitative estimate of drug-likeness (QED) is 0.771. The maximum absolute atomic E-state index is 12.9. The van der Waals surface area contributed by atoms with E-state index in [-0.39, 0.29) is 11.7 Å². The number of thioether (sulfide) groups is 1. The van der Waals surface area contributed by atoms with Crippen molar-refractivity contribution >= 4 is 33.6 Å². The number of allylic oxidation sites excluding steroid dienone is 2. The molecule has 0 saturated heterocycles. The van der Waals surface area contributed by atoms with Gasteiger partial charge in [0.05, 0.1) is 11.8 Å². The third-order valence-electron chi connectivity index (χ3n) is 3.46. The van der Waals surface area contributed by atoms with E-state index in [2.05, 4.69) is 15.3 Å². The second-order valence-electron chi connectivity index (χ2n) is 5.42. The lowest BCUT2D eigenvalue weighted by molar-refractivity contribution is -0.117. The van der Waals surface area contributed by atoms with E-state index in [1.165, 1.54) is 18.2 Å². The Hall–Kier alpha value is -2.22. The molecule has 25 heavy (non-hydrogen) atoms. The summed E-state index contributed by atoms with van der Waals surface area (Å²) in [6, 6.07) is 3.65. The van der Waals surface area contributed by atoms with E-state index in [0.717, 1.165) is 11.8 Å². The number of primary sulfonamides is 1. The number of hydrogen-bond donors (Lipinski definition) is 2. The first-order valence-corrected chi connectivity index (χ1v) is 9.81. The Labute approximate surface area is 150 Å². The Morgan fingerprint density at radius 2 is 2.04 bits per heavy atom. The van der Waals surface area contributed by atoms with Crippen LogP contribution in [0, 0.1) is 25.2 Å². The molecule has 132 valence electrons. The molecule has 0 fully saturated rings. The first-order chi connectivity index (χ1) is 11.7. The van der Waals surface area contributed by atoms with Gasteiger partial charge in [0.1, 0.15) is 10.00 Å². The van der Waals surface area contributed by atoms with Gasteiger partial charge in [-0.05, 0) is 19.9 Å². The van der Waals surface area contributed by atoms with Crippen LogP contribution in [0.1, 0.15) is 11.4 Å². The first kappa shape index (κ1) is 19.1. The topological polar surface area (TPSA) is 139 Å². The van der Waals surface area contributed by atoms with E-state index in [4.69, 9.17) is 10.4 Å². The molecule has 1 aromatic heterocycles. The van der Waals surface area contributed by atoms with Gasteiger partial charge in [0.25, 0.3) is 0 Å². The highest BCUT2D eigenvalue weighted by Gasteiger charge is 2.49. The highest BCUT2D eigenvalue weighted by atomic mass is 32.2. The van der Waals surface area contributed by atoms with Gasteiger partial charge in [0, 0.05) is 11.4 Å². The minimum absolute atomic E-state index is 0.0653. The summed E-state index contributed by atoms with van der Waals surface area (Å²) in [4.78, 5) is 21.2. The van der Waals surface area contributed by atoms with Gasteiger partial charge < -0.3 is 0 Å². The maximum atomic E-state index is 12.9. The van der Waals surface area contributed by atoms with Crippen LogP contribution in [-0.4, -0.2) is 40.0 Å². The Balaban J connectivity index is 2.45. The van der Waals surface area contributed by atoms with Crippen LogP contribution in [0.4, 0.5) is 5.95 Å². The van der Waals surface area contributed by atoms with Crippen molar-refractivity contribution in [2.45, 2.75) is 23.8 Å². The molecule has 8 nitrogen and oxygen atoms in total.